The lowest BCUT2D eigenvalue weighted by Crippen LogP contribution is -2.33. The Hall–Kier alpha value is -0.570. The Labute approximate surface area is 138 Å². The predicted octanol–water partition coefficient (Wildman–Crippen LogP) is 5.34. The van der Waals surface area contributed by atoms with E-state index in [0.29, 0.717) is 0 Å². The molecule has 1 rings (SSSR count). The zero-order valence-electron chi connectivity index (χ0n) is 15.3. The third-order valence-corrected chi connectivity index (χ3v) is 4.45. The van der Waals surface area contributed by atoms with Crippen LogP contribution in [0, 0.1) is 5.92 Å². The van der Waals surface area contributed by atoms with E-state index >= 15 is 0 Å². The summed E-state index contributed by atoms with van der Waals surface area (Å²) in [6.45, 7) is 9.86. The topological polar surface area (TPSA) is 40.5 Å². The fraction of sp³-hybridized carbons (Fsp3) is 0.947. The second-order valence-corrected chi connectivity index (χ2v) is 6.87. The van der Waals surface area contributed by atoms with E-state index in [0.717, 1.165) is 12.8 Å². The molecule has 3 heteroatoms. The van der Waals surface area contributed by atoms with E-state index in [9.17, 15) is 0 Å². The summed E-state index contributed by atoms with van der Waals surface area (Å²) < 4.78 is 0. The fourth-order valence-electron chi connectivity index (χ4n) is 2.93. The Balaban J connectivity index is 0.000000980. The van der Waals surface area contributed by atoms with Crippen molar-refractivity contribution in [2.75, 3.05) is 19.6 Å². The summed E-state index contributed by atoms with van der Waals surface area (Å²) in [5.74, 6) is 0.143. The molecule has 1 N–H and O–H groups in total. The van der Waals surface area contributed by atoms with Crippen molar-refractivity contribution < 1.29 is 9.90 Å². The molecule has 0 bridgehead atoms. The standard InChI is InChI=1S/C17H35N.C2H4O2/c1-3-4-5-6-7-8-9-10-11-14-18-15-12-17(2)13-16-18;1-2(3)4/h17H,3-16H2,1-2H3;1H3,(H,3,4). The van der Waals surface area contributed by atoms with Crippen molar-refractivity contribution in [2.24, 2.45) is 5.92 Å². The van der Waals surface area contributed by atoms with Gasteiger partial charge in [0.15, 0.2) is 0 Å². The van der Waals surface area contributed by atoms with Crippen LogP contribution in [-0.2, 0) is 4.79 Å². The Bertz CT molecular complexity index is 244. The third-order valence-electron chi connectivity index (χ3n) is 4.45. The number of aliphatic carboxylic acids is 1. The summed E-state index contributed by atoms with van der Waals surface area (Å²) in [5, 5.41) is 7.42. The van der Waals surface area contributed by atoms with Gasteiger partial charge < -0.3 is 10.0 Å². The minimum atomic E-state index is -0.833. The van der Waals surface area contributed by atoms with Crippen molar-refractivity contribution in [3.63, 3.8) is 0 Å². The van der Waals surface area contributed by atoms with Crippen LogP contribution in [0.3, 0.4) is 0 Å². The number of carboxylic acids is 1. The van der Waals surface area contributed by atoms with E-state index in [1.54, 1.807) is 0 Å². The molecule has 0 spiro atoms. The zero-order chi connectivity index (χ0) is 16.6. The van der Waals surface area contributed by atoms with Crippen LogP contribution in [0.5, 0.6) is 0 Å². The smallest absolute Gasteiger partial charge is 0.300 e. The summed E-state index contributed by atoms with van der Waals surface area (Å²) in [5.41, 5.74) is 0. The highest BCUT2D eigenvalue weighted by Gasteiger charge is 2.14. The molecule has 1 aliphatic heterocycles. The van der Waals surface area contributed by atoms with Crippen LogP contribution >= 0.6 is 0 Å². The highest BCUT2D eigenvalue weighted by molar-refractivity contribution is 5.62. The van der Waals surface area contributed by atoms with E-state index in [-0.39, 0.29) is 0 Å². The van der Waals surface area contributed by atoms with Gasteiger partial charge in [-0.3, -0.25) is 4.79 Å². The second-order valence-electron chi connectivity index (χ2n) is 6.87. The summed E-state index contributed by atoms with van der Waals surface area (Å²) >= 11 is 0. The second kappa shape index (κ2) is 15.3. The van der Waals surface area contributed by atoms with E-state index in [2.05, 4.69) is 18.7 Å². The van der Waals surface area contributed by atoms with E-state index in [1.807, 2.05) is 0 Å². The molecule has 0 saturated carbocycles. The number of likely N-dealkylation sites (tertiary alicyclic amines) is 1. The van der Waals surface area contributed by atoms with Crippen molar-refractivity contribution in [2.45, 2.75) is 91.4 Å². The average Bonchev–Trinajstić information content (AvgIpc) is 2.47. The normalized spacial score (nSPS) is 16.1. The molecule has 22 heavy (non-hydrogen) atoms. The molecule has 0 aromatic heterocycles. The summed E-state index contributed by atoms with van der Waals surface area (Å²) in [6, 6.07) is 0. The van der Waals surface area contributed by atoms with Gasteiger partial charge in [-0.1, -0.05) is 65.2 Å². The first kappa shape index (κ1) is 21.4. The number of rotatable bonds is 10. The first-order valence-electron chi connectivity index (χ1n) is 9.48. The minimum absolute atomic E-state index is 0.833. The molecule has 1 fully saturated rings. The lowest BCUT2D eigenvalue weighted by atomic mass is 9.99. The number of carboxylic acid groups (broad SMARTS) is 1. The molecule has 1 heterocycles. The molecule has 0 radical (unpaired) electrons. The molecular formula is C19H39NO2. The van der Waals surface area contributed by atoms with Crippen LogP contribution in [0.25, 0.3) is 0 Å². The zero-order valence-corrected chi connectivity index (χ0v) is 15.3. The highest BCUT2D eigenvalue weighted by atomic mass is 16.4. The van der Waals surface area contributed by atoms with Crippen LogP contribution in [0.1, 0.15) is 91.4 Å². The van der Waals surface area contributed by atoms with Gasteiger partial charge >= 0.3 is 0 Å². The van der Waals surface area contributed by atoms with Crippen molar-refractivity contribution in [3.05, 3.63) is 0 Å². The summed E-state index contributed by atoms with van der Waals surface area (Å²) in [7, 11) is 0. The van der Waals surface area contributed by atoms with Gasteiger partial charge in [-0.05, 0) is 44.8 Å². The molecule has 0 atom stereocenters. The van der Waals surface area contributed by atoms with Crippen molar-refractivity contribution in [3.8, 4) is 0 Å². The molecule has 1 aliphatic rings. The lowest BCUT2D eigenvalue weighted by molar-refractivity contribution is -0.134. The van der Waals surface area contributed by atoms with Gasteiger partial charge in [0.05, 0.1) is 0 Å². The predicted molar refractivity (Wildman–Crippen MR) is 95.4 cm³/mol. The summed E-state index contributed by atoms with van der Waals surface area (Å²) in [4.78, 5) is 11.7. The van der Waals surface area contributed by atoms with Crippen molar-refractivity contribution in [1.82, 2.24) is 4.90 Å². The first-order valence-corrected chi connectivity index (χ1v) is 9.48. The summed E-state index contributed by atoms with van der Waals surface area (Å²) in [6.07, 6.45) is 15.9. The maximum absolute atomic E-state index is 9.00. The van der Waals surface area contributed by atoms with E-state index in [1.165, 1.54) is 90.3 Å². The molecule has 132 valence electrons. The number of nitrogens with zero attached hydrogens (tertiary/aromatic N) is 1. The molecule has 0 aromatic rings. The number of piperidine rings is 1. The van der Waals surface area contributed by atoms with E-state index < -0.39 is 5.97 Å². The first-order chi connectivity index (χ1) is 10.6. The van der Waals surface area contributed by atoms with Crippen LogP contribution < -0.4 is 0 Å². The van der Waals surface area contributed by atoms with Gasteiger partial charge in [0.2, 0.25) is 0 Å². The van der Waals surface area contributed by atoms with Crippen molar-refractivity contribution in [1.29, 1.82) is 0 Å². The molecule has 0 amide bonds. The fourth-order valence-corrected chi connectivity index (χ4v) is 2.93. The molecule has 0 aromatic carbocycles. The number of carbonyl (C=O) groups is 1. The molecule has 3 nitrogen and oxygen atoms in total. The Morgan fingerprint density at radius 2 is 1.36 bits per heavy atom. The van der Waals surface area contributed by atoms with Crippen LogP contribution in [-0.4, -0.2) is 35.6 Å². The average molecular weight is 314 g/mol. The SMILES string of the molecule is CC(=O)O.CCCCCCCCCCCN1CCC(C)CC1. The largest absolute Gasteiger partial charge is 0.481 e. The molecular weight excluding hydrogens is 274 g/mol. The van der Waals surface area contributed by atoms with Gasteiger partial charge in [0.1, 0.15) is 0 Å². The Morgan fingerprint density at radius 1 is 0.955 bits per heavy atom. The molecule has 0 unspecified atom stereocenters. The van der Waals surface area contributed by atoms with Gasteiger partial charge in [-0.25, -0.2) is 0 Å². The van der Waals surface area contributed by atoms with Gasteiger partial charge in [0.25, 0.3) is 5.97 Å². The van der Waals surface area contributed by atoms with Crippen LogP contribution in [0.15, 0.2) is 0 Å². The maximum atomic E-state index is 9.00. The maximum Gasteiger partial charge on any atom is 0.300 e. The highest BCUT2D eigenvalue weighted by Crippen LogP contribution is 2.16. The Kier molecular flexibility index (Phi) is 14.9. The number of unbranched alkanes of at least 4 members (excludes halogenated alkanes) is 8. The molecule has 0 aliphatic carbocycles. The van der Waals surface area contributed by atoms with Gasteiger partial charge in [-0.2, -0.15) is 0 Å². The Morgan fingerprint density at radius 3 is 1.82 bits per heavy atom. The third kappa shape index (κ3) is 15.8. The lowest BCUT2D eigenvalue weighted by Gasteiger charge is -2.30. The van der Waals surface area contributed by atoms with Crippen LogP contribution in [0.2, 0.25) is 0 Å². The van der Waals surface area contributed by atoms with E-state index in [4.69, 9.17) is 9.90 Å². The quantitative estimate of drug-likeness (QED) is 0.553. The molecule has 1 saturated heterocycles. The van der Waals surface area contributed by atoms with Gasteiger partial charge in [0, 0.05) is 6.92 Å². The number of hydrogen-bond donors (Lipinski definition) is 1. The van der Waals surface area contributed by atoms with Crippen molar-refractivity contribution >= 4 is 5.97 Å². The number of hydrogen-bond acceptors (Lipinski definition) is 2. The van der Waals surface area contributed by atoms with Crippen LogP contribution in [0.4, 0.5) is 0 Å². The monoisotopic (exact) mass is 313 g/mol. The minimum Gasteiger partial charge on any atom is -0.481 e. The van der Waals surface area contributed by atoms with Gasteiger partial charge in [-0.15, -0.1) is 0 Å².